The molecule has 38 heavy (non-hydrogen) atoms. The highest BCUT2D eigenvalue weighted by molar-refractivity contribution is 6.22. The minimum Gasteiger partial charge on any atom is -0.497 e. The molecule has 1 saturated heterocycles. The van der Waals surface area contributed by atoms with Crippen LogP contribution in [-0.2, 0) is 19.1 Å². The van der Waals surface area contributed by atoms with Gasteiger partial charge < -0.3 is 14.8 Å². The number of esters is 1. The molecule has 194 valence electrons. The van der Waals surface area contributed by atoms with Gasteiger partial charge in [-0.2, -0.15) is 0 Å². The normalized spacial score (nSPS) is 20.6. The molecule has 2 aliphatic rings. The van der Waals surface area contributed by atoms with Gasteiger partial charge in [-0.05, 0) is 73.2 Å². The van der Waals surface area contributed by atoms with Gasteiger partial charge in [0.05, 0.1) is 30.2 Å². The van der Waals surface area contributed by atoms with E-state index in [0.717, 1.165) is 6.42 Å². The summed E-state index contributed by atoms with van der Waals surface area (Å²) in [5.74, 6) is -1.52. The van der Waals surface area contributed by atoms with E-state index in [-0.39, 0.29) is 35.1 Å². The van der Waals surface area contributed by atoms with Crippen LogP contribution < -0.4 is 15.0 Å². The number of anilines is 2. The van der Waals surface area contributed by atoms with E-state index in [4.69, 9.17) is 9.47 Å². The Hall–Kier alpha value is -4.46. The van der Waals surface area contributed by atoms with E-state index in [9.17, 15) is 19.2 Å². The van der Waals surface area contributed by atoms with Gasteiger partial charge in [0.25, 0.3) is 5.91 Å². The molecule has 8 nitrogen and oxygen atoms in total. The number of nitrogens with zero attached hydrogens (tertiary/aromatic N) is 1. The Kier molecular flexibility index (Phi) is 7.22. The van der Waals surface area contributed by atoms with E-state index in [1.807, 2.05) is 18.2 Å². The minimum absolute atomic E-state index is 0.150. The van der Waals surface area contributed by atoms with Crippen LogP contribution in [0, 0.1) is 11.8 Å². The van der Waals surface area contributed by atoms with Gasteiger partial charge in [0.1, 0.15) is 5.75 Å². The molecule has 8 heteroatoms. The standard InChI is InChI=1S/C30H28N2O6/c1-37-24-13-11-22(12-14-24)31-27(33)18-38-30(36)21-8-5-9-23(16-21)32-28(34)25-15-10-20(17-26(25)29(32)35)19-6-3-2-4-7-19/h2-9,11-14,16,20,25-26H,10,15,17-18H2,1H3,(H,31,33)/t20-,25-,26-/m1/s1. The summed E-state index contributed by atoms with van der Waals surface area (Å²) in [5, 5.41) is 2.64. The van der Waals surface area contributed by atoms with Gasteiger partial charge in [-0.1, -0.05) is 36.4 Å². The highest BCUT2D eigenvalue weighted by atomic mass is 16.5. The Morgan fingerprint density at radius 2 is 1.63 bits per heavy atom. The summed E-state index contributed by atoms with van der Waals surface area (Å²) < 4.78 is 10.3. The Bertz CT molecular complexity index is 1350. The van der Waals surface area contributed by atoms with E-state index >= 15 is 0 Å². The molecule has 0 aromatic heterocycles. The number of methoxy groups -OCH3 is 1. The van der Waals surface area contributed by atoms with E-state index in [1.54, 1.807) is 43.5 Å². The number of benzene rings is 3. The van der Waals surface area contributed by atoms with Crippen LogP contribution in [0.3, 0.4) is 0 Å². The third-order valence-corrected chi connectivity index (χ3v) is 7.24. The number of hydrogen-bond donors (Lipinski definition) is 1. The fourth-order valence-electron chi connectivity index (χ4n) is 5.32. The van der Waals surface area contributed by atoms with Crippen molar-refractivity contribution in [1.82, 2.24) is 0 Å². The molecule has 1 heterocycles. The molecule has 3 aromatic rings. The molecule has 0 spiro atoms. The molecule has 0 bridgehead atoms. The average Bonchev–Trinajstić information content (AvgIpc) is 3.21. The molecule has 3 atom stereocenters. The van der Waals surface area contributed by atoms with Crippen LogP contribution in [0.25, 0.3) is 0 Å². The van der Waals surface area contributed by atoms with Crippen molar-refractivity contribution >= 4 is 35.1 Å². The Morgan fingerprint density at radius 1 is 0.895 bits per heavy atom. The van der Waals surface area contributed by atoms with Crippen LogP contribution in [0.4, 0.5) is 11.4 Å². The Balaban J connectivity index is 1.23. The van der Waals surface area contributed by atoms with Crippen LogP contribution >= 0.6 is 0 Å². The van der Waals surface area contributed by atoms with Gasteiger partial charge in [-0.3, -0.25) is 19.3 Å². The van der Waals surface area contributed by atoms with Gasteiger partial charge in [0.15, 0.2) is 6.61 Å². The second-order valence-electron chi connectivity index (χ2n) is 9.55. The summed E-state index contributed by atoms with van der Waals surface area (Å²) in [6, 6.07) is 23.0. The molecule has 0 unspecified atom stereocenters. The number of imide groups is 1. The van der Waals surface area contributed by atoms with Crippen molar-refractivity contribution in [1.29, 1.82) is 0 Å². The van der Waals surface area contributed by atoms with Crippen molar-refractivity contribution in [2.45, 2.75) is 25.2 Å². The zero-order chi connectivity index (χ0) is 26.6. The quantitative estimate of drug-likeness (QED) is 0.368. The molecule has 1 N–H and O–H groups in total. The fraction of sp³-hybridized carbons (Fsp3) is 0.267. The number of carbonyl (C=O) groups excluding carboxylic acids is 4. The summed E-state index contributed by atoms with van der Waals surface area (Å²) in [6.07, 6.45) is 2.13. The highest BCUT2D eigenvalue weighted by Crippen LogP contribution is 2.45. The van der Waals surface area contributed by atoms with Gasteiger partial charge in [-0.15, -0.1) is 0 Å². The number of ether oxygens (including phenoxy) is 2. The molecule has 1 aliphatic carbocycles. The topological polar surface area (TPSA) is 102 Å². The van der Waals surface area contributed by atoms with Crippen molar-refractivity contribution in [3.05, 3.63) is 90.0 Å². The predicted octanol–water partition coefficient (Wildman–Crippen LogP) is 4.56. The lowest BCUT2D eigenvalue weighted by Gasteiger charge is -2.28. The summed E-state index contributed by atoms with van der Waals surface area (Å²) in [4.78, 5) is 52.7. The summed E-state index contributed by atoms with van der Waals surface area (Å²) >= 11 is 0. The first-order valence-electron chi connectivity index (χ1n) is 12.6. The average molecular weight is 513 g/mol. The van der Waals surface area contributed by atoms with Crippen molar-refractivity contribution in [3.8, 4) is 5.75 Å². The number of carbonyl (C=O) groups is 4. The number of amides is 3. The minimum atomic E-state index is -0.725. The fourth-order valence-corrected chi connectivity index (χ4v) is 5.32. The SMILES string of the molecule is COc1ccc(NC(=O)COC(=O)c2cccc(N3C(=O)[C@@H]4CC[C@@H](c5ccccc5)C[C@H]4C3=O)c2)cc1. The van der Waals surface area contributed by atoms with Gasteiger partial charge in [0, 0.05) is 5.69 Å². The van der Waals surface area contributed by atoms with Crippen LogP contribution in [0.5, 0.6) is 5.75 Å². The van der Waals surface area contributed by atoms with Crippen LogP contribution in [0.2, 0.25) is 0 Å². The molecular formula is C30H28N2O6. The van der Waals surface area contributed by atoms with Crippen LogP contribution in [0.15, 0.2) is 78.9 Å². The molecule has 1 aliphatic heterocycles. The third kappa shape index (κ3) is 5.16. The lowest BCUT2D eigenvalue weighted by molar-refractivity contribution is -0.122. The number of fused-ring (bicyclic) bond motifs is 1. The Morgan fingerprint density at radius 3 is 2.37 bits per heavy atom. The van der Waals surface area contributed by atoms with Crippen LogP contribution in [-0.4, -0.2) is 37.4 Å². The molecule has 3 aromatic carbocycles. The van der Waals surface area contributed by atoms with Crippen molar-refractivity contribution in [3.63, 3.8) is 0 Å². The zero-order valence-electron chi connectivity index (χ0n) is 21.0. The summed E-state index contributed by atoms with van der Waals surface area (Å²) in [6.45, 7) is -0.484. The molecule has 3 amide bonds. The highest BCUT2D eigenvalue weighted by Gasteiger charge is 2.50. The molecule has 5 rings (SSSR count). The lowest BCUT2D eigenvalue weighted by Crippen LogP contribution is -2.31. The maximum Gasteiger partial charge on any atom is 0.338 e. The molecular weight excluding hydrogens is 484 g/mol. The lowest BCUT2D eigenvalue weighted by atomic mass is 9.73. The van der Waals surface area contributed by atoms with Crippen molar-refractivity contribution < 1.29 is 28.7 Å². The smallest absolute Gasteiger partial charge is 0.338 e. The number of nitrogens with one attached hydrogen (secondary N) is 1. The van der Waals surface area contributed by atoms with E-state index in [0.29, 0.717) is 30.0 Å². The molecule has 1 saturated carbocycles. The maximum absolute atomic E-state index is 13.4. The Labute approximate surface area is 220 Å². The summed E-state index contributed by atoms with van der Waals surface area (Å²) in [7, 11) is 1.55. The van der Waals surface area contributed by atoms with E-state index in [2.05, 4.69) is 17.4 Å². The first-order valence-corrected chi connectivity index (χ1v) is 12.6. The largest absolute Gasteiger partial charge is 0.497 e. The predicted molar refractivity (Wildman–Crippen MR) is 141 cm³/mol. The van der Waals surface area contributed by atoms with Crippen molar-refractivity contribution in [2.75, 3.05) is 23.9 Å². The van der Waals surface area contributed by atoms with Gasteiger partial charge in [-0.25, -0.2) is 4.79 Å². The first kappa shape index (κ1) is 25.2. The second kappa shape index (κ2) is 10.9. The second-order valence-corrected chi connectivity index (χ2v) is 9.55. The van der Waals surface area contributed by atoms with E-state index in [1.165, 1.54) is 22.6 Å². The van der Waals surface area contributed by atoms with Crippen LogP contribution in [0.1, 0.15) is 41.1 Å². The molecule has 0 radical (unpaired) electrons. The zero-order valence-corrected chi connectivity index (χ0v) is 21.0. The maximum atomic E-state index is 13.4. The third-order valence-electron chi connectivity index (χ3n) is 7.24. The van der Waals surface area contributed by atoms with Gasteiger partial charge in [0.2, 0.25) is 11.8 Å². The first-order chi connectivity index (χ1) is 18.4. The summed E-state index contributed by atoms with van der Waals surface area (Å²) in [5.41, 5.74) is 2.21. The van der Waals surface area contributed by atoms with Gasteiger partial charge >= 0.3 is 5.97 Å². The number of hydrogen-bond acceptors (Lipinski definition) is 6. The van der Waals surface area contributed by atoms with Crippen molar-refractivity contribution in [2.24, 2.45) is 11.8 Å². The number of rotatable bonds is 7. The monoisotopic (exact) mass is 512 g/mol. The molecule has 2 fully saturated rings. The van der Waals surface area contributed by atoms with E-state index < -0.39 is 18.5 Å².